The van der Waals surface area contributed by atoms with Gasteiger partial charge < -0.3 is 24.4 Å². The van der Waals surface area contributed by atoms with Crippen molar-refractivity contribution >= 4 is 5.97 Å². The van der Waals surface area contributed by atoms with E-state index in [0.717, 1.165) is 63.4 Å². The minimum absolute atomic E-state index is 0.00227. The van der Waals surface area contributed by atoms with Crippen molar-refractivity contribution in [3.8, 4) is 0 Å². The molecule has 6 nitrogen and oxygen atoms in total. The number of hydrogen-bond acceptors (Lipinski definition) is 6. The van der Waals surface area contributed by atoms with Crippen LogP contribution in [-0.4, -0.2) is 53.0 Å². The van der Waals surface area contributed by atoms with Crippen LogP contribution in [0.25, 0.3) is 0 Å². The number of carbonyl (C=O) groups is 1. The fourth-order valence-corrected chi connectivity index (χ4v) is 9.76. The fraction of sp³-hybridized carbons (Fsp3) is 0.897. The Morgan fingerprint density at radius 2 is 1.86 bits per heavy atom. The number of cyclic esters (lactones) is 1. The number of carbonyl (C=O) groups excluding carboxylic acids is 1. The second-order valence-corrected chi connectivity index (χ2v) is 13.2. The zero-order valence-electron chi connectivity index (χ0n) is 21.7. The molecule has 2 N–H and O–H groups in total. The van der Waals surface area contributed by atoms with E-state index in [0.29, 0.717) is 24.9 Å². The first kappa shape index (κ1) is 24.4. The normalized spacial score (nSPS) is 53.9. The number of ether oxygens (including phenoxy) is 3. The van der Waals surface area contributed by atoms with E-state index in [4.69, 9.17) is 14.2 Å². The van der Waals surface area contributed by atoms with Crippen LogP contribution in [0.1, 0.15) is 91.4 Å². The second kappa shape index (κ2) is 8.54. The van der Waals surface area contributed by atoms with E-state index in [1.54, 1.807) is 6.08 Å². The van der Waals surface area contributed by atoms with Gasteiger partial charge in [0.15, 0.2) is 6.29 Å². The van der Waals surface area contributed by atoms with Crippen LogP contribution < -0.4 is 0 Å². The molecule has 6 rings (SSSR count). The van der Waals surface area contributed by atoms with Crippen molar-refractivity contribution in [3.05, 3.63) is 11.6 Å². The third-order valence-corrected chi connectivity index (χ3v) is 11.8. The standard InChI is InChI=1S/C29H44O6/c1-17-5-4-6-26(34-17)35-20-9-11-27(2)19(14-20)7-8-22-23(27)15-24(30)28(3)21(10-12-29(22,28)32)18-13-25(31)33-16-18/h13,17,19-24,26,30,32H,4-12,14-16H2,1-3H3/t17-,19-,20+,21-,22-,23?,24-,26?,27+,28+,29+/m1/s1. The summed E-state index contributed by atoms with van der Waals surface area (Å²) in [6, 6.07) is 0. The molecule has 11 atom stereocenters. The van der Waals surface area contributed by atoms with Crippen LogP contribution in [0.5, 0.6) is 0 Å². The van der Waals surface area contributed by atoms with Gasteiger partial charge in [-0.05, 0) is 112 Å². The van der Waals surface area contributed by atoms with Crippen molar-refractivity contribution in [2.45, 2.75) is 122 Å². The highest BCUT2D eigenvalue weighted by Gasteiger charge is 2.70. The first-order chi connectivity index (χ1) is 16.6. The predicted molar refractivity (Wildman–Crippen MR) is 130 cm³/mol. The van der Waals surface area contributed by atoms with Gasteiger partial charge in [-0.2, -0.15) is 0 Å². The summed E-state index contributed by atoms with van der Waals surface area (Å²) in [5, 5.41) is 24.1. The van der Waals surface area contributed by atoms with Gasteiger partial charge in [0.1, 0.15) is 6.61 Å². The number of aliphatic hydroxyl groups is 2. The summed E-state index contributed by atoms with van der Waals surface area (Å²) in [6.07, 6.45) is 12.4. The lowest BCUT2D eigenvalue weighted by molar-refractivity contribution is -0.256. The largest absolute Gasteiger partial charge is 0.458 e. The van der Waals surface area contributed by atoms with E-state index < -0.39 is 17.1 Å². The van der Waals surface area contributed by atoms with Crippen molar-refractivity contribution < 1.29 is 29.2 Å². The summed E-state index contributed by atoms with van der Waals surface area (Å²) in [6.45, 7) is 6.96. The van der Waals surface area contributed by atoms with Crippen LogP contribution in [0.3, 0.4) is 0 Å². The third kappa shape index (κ3) is 3.60. The Bertz CT molecular complexity index is 886. The molecule has 0 radical (unpaired) electrons. The molecule has 1 saturated heterocycles. The zero-order chi connectivity index (χ0) is 24.6. The molecule has 35 heavy (non-hydrogen) atoms. The fourth-order valence-electron chi connectivity index (χ4n) is 9.76. The van der Waals surface area contributed by atoms with Crippen LogP contribution >= 0.6 is 0 Å². The molecule has 4 saturated carbocycles. The Balaban J connectivity index is 1.21. The molecule has 6 aliphatic rings. The van der Waals surface area contributed by atoms with Crippen molar-refractivity contribution in [3.63, 3.8) is 0 Å². The maximum Gasteiger partial charge on any atom is 0.331 e. The van der Waals surface area contributed by atoms with Crippen LogP contribution in [0.2, 0.25) is 0 Å². The van der Waals surface area contributed by atoms with E-state index in [2.05, 4.69) is 20.8 Å². The molecule has 196 valence electrons. The number of hydrogen-bond donors (Lipinski definition) is 2. The highest BCUT2D eigenvalue weighted by atomic mass is 16.7. The summed E-state index contributed by atoms with van der Waals surface area (Å²) in [5.74, 6) is 0.783. The Morgan fingerprint density at radius 1 is 1.03 bits per heavy atom. The Kier molecular flexibility index (Phi) is 5.95. The molecule has 4 aliphatic carbocycles. The van der Waals surface area contributed by atoms with Crippen LogP contribution in [0, 0.1) is 34.5 Å². The van der Waals surface area contributed by atoms with Crippen molar-refractivity contribution in [1.29, 1.82) is 0 Å². The first-order valence-corrected chi connectivity index (χ1v) is 14.2. The van der Waals surface area contributed by atoms with E-state index in [-0.39, 0.29) is 41.7 Å². The molecule has 2 heterocycles. The molecule has 0 amide bonds. The monoisotopic (exact) mass is 488 g/mol. The van der Waals surface area contributed by atoms with Crippen molar-refractivity contribution in [1.82, 2.24) is 0 Å². The highest BCUT2D eigenvalue weighted by Crippen LogP contribution is 2.70. The first-order valence-electron chi connectivity index (χ1n) is 14.2. The van der Waals surface area contributed by atoms with Crippen molar-refractivity contribution in [2.75, 3.05) is 6.61 Å². The lowest BCUT2D eigenvalue weighted by Gasteiger charge is -2.65. The SMILES string of the molecule is C[C@@H]1CCCC(O[C@H]2CC[C@]3(C)C4C[C@@H](O)[C@]5(C)[C@@H](C6=CC(=O)OC6)CC[C@]5(O)[C@@H]4CC[C@@H]3C2)O1. The summed E-state index contributed by atoms with van der Waals surface area (Å²) >= 11 is 0. The molecule has 0 aromatic carbocycles. The summed E-state index contributed by atoms with van der Waals surface area (Å²) in [5.41, 5.74) is -0.458. The van der Waals surface area contributed by atoms with E-state index in [1.807, 2.05) is 0 Å². The molecule has 0 aromatic heterocycles. The summed E-state index contributed by atoms with van der Waals surface area (Å²) in [7, 11) is 0. The van der Waals surface area contributed by atoms with E-state index >= 15 is 0 Å². The van der Waals surface area contributed by atoms with Crippen LogP contribution in [0.15, 0.2) is 11.6 Å². The van der Waals surface area contributed by atoms with Gasteiger partial charge in [-0.15, -0.1) is 0 Å². The van der Waals surface area contributed by atoms with E-state index in [9.17, 15) is 15.0 Å². The average Bonchev–Trinajstić information content (AvgIpc) is 3.36. The lowest BCUT2D eigenvalue weighted by Crippen LogP contribution is -2.67. The van der Waals surface area contributed by atoms with Gasteiger partial charge in [0.25, 0.3) is 0 Å². The topological polar surface area (TPSA) is 85.2 Å². The number of rotatable bonds is 3. The van der Waals surface area contributed by atoms with E-state index in [1.165, 1.54) is 6.42 Å². The molecule has 0 aromatic rings. The maximum atomic E-state index is 12.4. The smallest absolute Gasteiger partial charge is 0.331 e. The third-order valence-electron chi connectivity index (χ3n) is 11.8. The second-order valence-electron chi connectivity index (χ2n) is 13.2. The van der Waals surface area contributed by atoms with Gasteiger partial charge in [-0.3, -0.25) is 0 Å². The van der Waals surface area contributed by atoms with Crippen LogP contribution in [0.4, 0.5) is 0 Å². The molecule has 5 fully saturated rings. The molecule has 2 aliphatic heterocycles. The Labute approximate surface area is 209 Å². The Morgan fingerprint density at radius 3 is 2.60 bits per heavy atom. The minimum Gasteiger partial charge on any atom is -0.458 e. The number of fused-ring (bicyclic) bond motifs is 5. The maximum absolute atomic E-state index is 12.4. The summed E-state index contributed by atoms with van der Waals surface area (Å²) < 4.78 is 17.7. The summed E-state index contributed by atoms with van der Waals surface area (Å²) in [4.78, 5) is 11.8. The van der Waals surface area contributed by atoms with Gasteiger partial charge in [0.2, 0.25) is 0 Å². The van der Waals surface area contributed by atoms with Gasteiger partial charge in [0.05, 0.1) is 23.9 Å². The quantitative estimate of drug-likeness (QED) is 0.449. The van der Waals surface area contributed by atoms with Crippen LogP contribution in [-0.2, 0) is 19.0 Å². The molecular weight excluding hydrogens is 444 g/mol. The Hall–Kier alpha value is -0.950. The molecule has 2 unspecified atom stereocenters. The molecule has 6 heteroatoms. The minimum atomic E-state index is -0.903. The zero-order valence-corrected chi connectivity index (χ0v) is 21.7. The van der Waals surface area contributed by atoms with Gasteiger partial charge in [0, 0.05) is 11.5 Å². The molecular formula is C29H44O6. The van der Waals surface area contributed by atoms with Gasteiger partial charge in [-0.1, -0.05) is 13.8 Å². The molecule has 0 spiro atoms. The number of aliphatic hydroxyl groups excluding tert-OH is 1. The highest BCUT2D eigenvalue weighted by molar-refractivity contribution is 5.85. The molecule has 0 bridgehead atoms. The van der Waals surface area contributed by atoms with Crippen molar-refractivity contribution in [2.24, 2.45) is 34.5 Å². The predicted octanol–water partition coefficient (Wildman–Crippen LogP) is 4.51. The number of esters is 1. The average molecular weight is 489 g/mol. The lowest BCUT2D eigenvalue weighted by atomic mass is 9.42. The van der Waals surface area contributed by atoms with Gasteiger partial charge in [-0.25, -0.2) is 4.79 Å². The van der Waals surface area contributed by atoms with Gasteiger partial charge >= 0.3 is 5.97 Å².